The zero-order valence-corrected chi connectivity index (χ0v) is 9.31. The van der Waals surface area contributed by atoms with Gasteiger partial charge in [-0.2, -0.15) is 0 Å². The minimum absolute atomic E-state index is 0.0885. The first kappa shape index (κ1) is 11.6. The topological polar surface area (TPSA) is 21.3 Å². The molecule has 1 N–H and O–H groups in total. The van der Waals surface area contributed by atoms with Gasteiger partial charge < -0.3 is 10.1 Å². The molecule has 1 aliphatic heterocycles. The summed E-state index contributed by atoms with van der Waals surface area (Å²) < 4.78 is 5.85. The molecule has 0 bridgehead atoms. The molecular weight excluding hydrogens is 174 g/mol. The number of rotatable bonds is 5. The van der Waals surface area contributed by atoms with Crippen molar-refractivity contribution in [2.24, 2.45) is 0 Å². The monoisotopic (exact) mass is 195 g/mol. The molecule has 0 spiro atoms. The van der Waals surface area contributed by atoms with Crippen LogP contribution in [0.25, 0.3) is 0 Å². The predicted octanol–water partition coefficient (Wildman–Crippen LogP) is 1.95. The number of unbranched alkanes of at least 4 members (excludes halogenated alkanes) is 1. The highest BCUT2D eigenvalue weighted by Gasteiger charge is 2.30. The summed E-state index contributed by atoms with van der Waals surface area (Å²) >= 11 is 0. The molecular formula is C12H21NO. The normalized spacial score (nSPS) is 24.8. The van der Waals surface area contributed by atoms with E-state index in [9.17, 15) is 0 Å². The summed E-state index contributed by atoms with van der Waals surface area (Å²) in [7, 11) is 0. The van der Waals surface area contributed by atoms with Gasteiger partial charge in [-0.3, -0.25) is 0 Å². The molecule has 0 amide bonds. The van der Waals surface area contributed by atoms with Crippen LogP contribution in [0.3, 0.4) is 0 Å². The Hall–Kier alpha value is -0.520. The van der Waals surface area contributed by atoms with Crippen LogP contribution in [0.5, 0.6) is 0 Å². The number of ether oxygens (including phenoxy) is 1. The Morgan fingerprint density at radius 2 is 2.36 bits per heavy atom. The van der Waals surface area contributed by atoms with E-state index >= 15 is 0 Å². The first-order valence-corrected chi connectivity index (χ1v) is 5.46. The Morgan fingerprint density at radius 3 is 2.93 bits per heavy atom. The molecule has 1 rings (SSSR count). The quantitative estimate of drug-likeness (QED) is 0.535. The van der Waals surface area contributed by atoms with Gasteiger partial charge in [-0.05, 0) is 39.7 Å². The summed E-state index contributed by atoms with van der Waals surface area (Å²) in [5.74, 6) is 2.64. The maximum absolute atomic E-state index is 5.85. The maximum atomic E-state index is 5.85. The Morgan fingerprint density at radius 1 is 1.57 bits per heavy atom. The van der Waals surface area contributed by atoms with E-state index < -0.39 is 0 Å². The summed E-state index contributed by atoms with van der Waals surface area (Å²) in [6.45, 7) is 6.29. The zero-order valence-electron chi connectivity index (χ0n) is 9.31. The van der Waals surface area contributed by atoms with E-state index in [1.165, 1.54) is 12.8 Å². The van der Waals surface area contributed by atoms with Gasteiger partial charge in [0.15, 0.2) is 0 Å². The van der Waals surface area contributed by atoms with Crippen LogP contribution >= 0.6 is 0 Å². The molecule has 1 unspecified atom stereocenters. The molecule has 1 atom stereocenters. The molecule has 0 aliphatic carbocycles. The van der Waals surface area contributed by atoms with Crippen molar-refractivity contribution < 1.29 is 4.74 Å². The third-order valence-corrected chi connectivity index (χ3v) is 2.60. The molecule has 14 heavy (non-hydrogen) atoms. The van der Waals surface area contributed by atoms with Crippen molar-refractivity contribution in [1.82, 2.24) is 5.32 Å². The summed E-state index contributed by atoms with van der Waals surface area (Å²) in [5.41, 5.74) is 0.0885. The van der Waals surface area contributed by atoms with Crippen molar-refractivity contribution in [3.63, 3.8) is 0 Å². The maximum Gasteiger partial charge on any atom is 0.0707 e. The third-order valence-electron chi connectivity index (χ3n) is 2.60. The standard InChI is InChI=1S/C12H21NO/c1-4-5-6-9-13-10-11-7-8-12(2,3)14-11/h1,11,13H,5-10H2,2-3H3. The van der Waals surface area contributed by atoms with Gasteiger partial charge in [0, 0.05) is 13.0 Å². The highest BCUT2D eigenvalue weighted by Crippen LogP contribution is 2.28. The van der Waals surface area contributed by atoms with Crippen LogP contribution in [-0.2, 0) is 4.74 Å². The Bertz CT molecular complexity index is 205. The molecule has 1 fully saturated rings. The first-order chi connectivity index (χ1) is 6.64. The van der Waals surface area contributed by atoms with Crippen LogP contribution in [0.4, 0.5) is 0 Å². The molecule has 0 aromatic carbocycles. The van der Waals surface area contributed by atoms with Gasteiger partial charge in [0.05, 0.1) is 11.7 Å². The third kappa shape index (κ3) is 4.13. The molecule has 1 aliphatic rings. The van der Waals surface area contributed by atoms with Crippen LogP contribution in [0.2, 0.25) is 0 Å². The molecule has 2 nitrogen and oxygen atoms in total. The van der Waals surface area contributed by atoms with Crippen molar-refractivity contribution in [2.45, 2.75) is 51.2 Å². The SMILES string of the molecule is C#CCCCNCC1CCC(C)(C)O1. The Labute approximate surface area is 87.4 Å². The Balaban J connectivity index is 2.01. The van der Waals surface area contributed by atoms with Gasteiger partial charge in [-0.15, -0.1) is 12.3 Å². The average molecular weight is 195 g/mol. The van der Waals surface area contributed by atoms with E-state index in [0.717, 1.165) is 25.9 Å². The molecule has 0 saturated carbocycles. The van der Waals surface area contributed by atoms with Crippen LogP contribution in [0.15, 0.2) is 0 Å². The molecule has 1 saturated heterocycles. The highest BCUT2D eigenvalue weighted by atomic mass is 16.5. The fourth-order valence-electron chi connectivity index (χ4n) is 1.80. The number of hydrogen-bond acceptors (Lipinski definition) is 2. The van der Waals surface area contributed by atoms with Crippen LogP contribution in [0, 0.1) is 12.3 Å². The molecule has 1 heterocycles. The molecule has 80 valence electrons. The Kier molecular flexibility index (Phi) is 4.44. The molecule has 0 aromatic heterocycles. The molecule has 0 radical (unpaired) electrons. The predicted molar refractivity (Wildman–Crippen MR) is 59.1 cm³/mol. The smallest absolute Gasteiger partial charge is 0.0707 e. The van der Waals surface area contributed by atoms with Crippen LogP contribution in [0.1, 0.15) is 39.5 Å². The fraction of sp³-hybridized carbons (Fsp3) is 0.833. The van der Waals surface area contributed by atoms with E-state index in [2.05, 4.69) is 25.1 Å². The minimum atomic E-state index is 0.0885. The molecule has 0 aromatic rings. The second kappa shape index (κ2) is 5.38. The summed E-state index contributed by atoms with van der Waals surface area (Å²) in [4.78, 5) is 0. The van der Waals surface area contributed by atoms with Crippen LogP contribution < -0.4 is 5.32 Å². The zero-order chi connectivity index (χ0) is 10.4. The van der Waals surface area contributed by atoms with Crippen molar-refractivity contribution in [1.29, 1.82) is 0 Å². The lowest BCUT2D eigenvalue weighted by Gasteiger charge is -2.19. The highest BCUT2D eigenvalue weighted by molar-refractivity contribution is 4.84. The van der Waals surface area contributed by atoms with Crippen molar-refractivity contribution in [2.75, 3.05) is 13.1 Å². The van der Waals surface area contributed by atoms with E-state index in [-0.39, 0.29) is 5.60 Å². The minimum Gasteiger partial charge on any atom is -0.371 e. The van der Waals surface area contributed by atoms with Crippen molar-refractivity contribution in [3.8, 4) is 12.3 Å². The van der Waals surface area contributed by atoms with Crippen molar-refractivity contribution >= 4 is 0 Å². The molecule has 2 heteroatoms. The van der Waals surface area contributed by atoms with Crippen molar-refractivity contribution in [3.05, 3.63) is 0 Å². The van der Waals surface area contributed by atoms with Gasteiger partial charge >= 0.3 is 0 Å². The van der Waals surface area contributed by atoms with Gasteiger partial charge in [0.25, 0.3) is 0 Å². The van der Waals surface area contributed by atoms with E-state index in [0.29, 0.717) is 6.10 Å². The van der Waals surface area contributed by atoms with Gasteiger partial charge in [-0.1, -0.05) is 0 Å². The van der Waals surface area contributed by atoms with E-state index in [4.69, 9.17) is 11.2 Å². The summed E-state index contributed by atoms with van der Waals surface area (Å²) in [6.07, 6.45) is 9.84. The summed E-state index contributed by atoms with van der Waals surface area (Å²) in [6, 6.07) is 0. The number of hydrogen-bond donors (Lipinski definition) is 1. The van der Waals surface area contributed by atoms with E-state index in [1.807, 2.05) is 0 Å². The second-order valence-corrected chi connectivity index (χ2v) is 4.55. The van der Waals surface area contributed by atoms with Gasteiger partial charge in [-0.25, -0.2) is 0 Å². The lowest BCUT2D eigenvalue weighted by Crippen LogP contribution is -2.29. The van der Waals surface area contributed by atoms with Crippen LogP contribution in [-0.4, -0.2) is 24.8 Å². The average Bonchev–Trinajstić information content (AvgIpc) is 2.45. The lowest BCUT2D eigenvalue weighted by molar-refractivity contribution is -0.0141. The largest absolute Gasteiger partial charge is 0.371 e. The summed E-state index contributed by atoms with van der Waals surface area (Å²) in [5, 5.41) is 3.38. The number of nitrogens with one attached hydrogen (secondary N) is 1. The fourth-order valence-corrected chi connectivity index (χ4v) is 1.80. The lowest BCUT2D eigenvalue weighted by atomic mass is 10.1. The number of terminal acetylenes is 1. The first-order valence-electron chi connectivity index (χ1n) is 5.46. The second-order valence-electron chi connectivity index (χ2n) is 4.55. The van der Waals surface area contributed by atoms with Gasteiger partial charge in [0.1, 0.15) is 0 Å². The van der Waals surface area contributed by atoms with Gasteiger partial charge in [0.2, 0.25) is 0 Å². The van der Waals surface area contributed by atoms with E-state index in [1.54, 1.807) is 0 Å².